The number of pyridine rings is 1. The van der Waals surface area contributed by atoms with Crippen molar-refractivity contribution in [3.63, 3.8) is 0 Å². The van der Waals surface area contributed by atoms with Gasteiger partial charge in [-0.3, -0.25) is 29.1 Å². The van der Waals surface area contributed by atoms with Gasteiger partial charge in [-0.25, -0.2) is 4.98 Å². The summed E-state index contributed by atoms with van der Waals surface area (Å²) >= 11 is 0. The van der Waals surface area contributed by atoms with Crippen molar-refractivity contribution >= 4 is 34.7 Å². The average Bonchev–Trinajstić information content (AvgIpc) is 3.43. The number of hydrogen-bond donors (Lipinski definition) is 2. The van der Waals surface area contributed by atoms with E-state index < -0.39 is 0 Å². The molecule has 0 radical (unpaired) electrons. The van der Waals surface area contributed by atoms with Gasteiger partial charge < -0.3 is 15.2 Å². The Morgan fingerprint density at radius 1 is 1.09 bits per heavy atom. The van der Waals surface area contributed by atoms with Gasteiger partial charge in [-0.05, 0) is 31.1 Å². The van der Waals surface area contributed by atoms with Crippen LogP contribution in [-0.2, 0) is 14.4 Å². The zero-order valence-electron chi connectivity index (χ0n) is 18.5. The molecular formula is C23H28N6O4. The summed E-state index contributed by atoms with van der Waals surface area (Å²) in [7, 11) is 0. The summed E-state index contributed by atoms with van der Waals surface area (Å²) in [5.74, 6) is -0.902. The molecule has 10 heteroatoms. The largest absolute Gasteiger partial charge is 0.351 e. The SMILES string of the molecule is O=C(CN1C(=O)CCC1=O)NC1CCCCC12CCN(C(=O)c1cncc3[nH]cnc13)CC2. The molecule has 1 atom stereocenters. The number of aromatic nitrogens is 3. The minimum absolute atomic E-state index is 0.0137. The Labute approximate surface area is 191 Å². The van der Waals surface area contributed by atoms with E-state index in [1.165, 1.54) is 0 Å². The van der Waals surface area contributed by atoms with E-state index in [4.69, 9.17) is 0 Å². The number of nitrogens with one attached hydrogen (secondary N) is 2. The number of carbonyl (C=O) groups is 4. The normalized spacial score (nSPS) is 22.8. The van der Waals surface area contributed by atoms with Crippen molar-refractivity contribution in [1.82, 2.24) is 30.1 Å². The third-order valence-electron chi connectivity index (χ3n) is 7.56. The summed E-state index contributed by atoms with van der Waals surface area (Å²) in [6.45, 7) is 1.01. The molecule has 174 valence electrons. The number of carbonyl (C=O) groups excluding carboxylic acids is 4. The minimum atomic E-state index is -0.278. The van der Waals surface area contributed by atoms with Gasteiger partial charge in [-0.2, -0.15) is 0 Å². The predicted octanol–water partition coefficient (Wildman–Crippen LogP) is 1.39. The highest BCUT2D eigenvalue weighted by molar-refractivity contribution is 6.05. The summed E-state index contributed by atoms with van der Waals surface area (Å²) in [5, 5.41) is 3.13. The van der Waals surface area contributed by atoms with Crippen molar-refractivity contribution in [2.45, 2.75) is 57.4 Å². The Morgan fingerprint density at radius 3 is 2.61 bits per heavy atom. The topological polar surface area (TPSA) is 128 Å². The van der Waals surface area contributed by atoms with Crippen LogP contribution in [0.1, 0.15) is 61.7 Å². The highest BCUT2D eigenvalue weighted by Gasteiger charge is 2.44. The molecule has 3 fully saturated rings. The van der Waals surface area contributed by atoms with Crippen LogP contribution >= 0.6 is 0 Å². The fourth-order valence-electron chi connectivity index (χ4n) is 5.66. The lowest BCUT2D eigenvalue weighted by Gasteiger charge is -2.49. The zero-order chi connectivity index (χ0) is 23.0. The van der Waals surface area contributed by atoms with Crippen molar-refractivity contribution in [2.24, 2.45) is 5.41 Å². The van der Waals surface area contributed by atoms with E-state index in [0.29, 0.717) is 24.2 Å². The lowest BCUT2D eigenvalue weighted by Crippen LogP contribution is -2.56. The first kappa shape index (κ1) is 21.5. The van der Waals surface area contributed by atoms with E-state index in [1.807, 2.05) is 4.90 Å². The van der Waals surface area contributed by atoms with Crippen molar-refractivity contribution in [2.75, 3.05) is 19.6 Å². The summed E-state index contributed by atoms with van der Waals surface area (Å²) in [6, 6.07) is -0.0137. The molecule has 1 aliphatic carbocycles. The van der Waals surface area contributed by atoms with Crippen LogP contribution in [0.5, 0.6) is 0 Å². The molecule has 5 rings (SSSR count). The van der Waals surface area contributed by atoms with Crippen LogP contribution in [0.2, 0.25) is 0 Å². The first-order valence-corrected chi connectivity index (χ1v) is 11.7. The van der Waals surface area contributed by atoms with E-state index in [-0.39, 0.29) is 54.5 Å². The van der Waals surface area contributed by atoms with Crippen LogP contribution in [0.25, 0.3) is 11.0 Å². The van der Waals surface area contributed by atoms with Gasteiger partial charge in [-0.15, -0.1) is 0 Å². The molecule has 33 heavy (non-hydrogen) atoms. The maximum atomic E-state index is 13.2. The quantitative estimate of drug-likeness (QED) is 0.675. The van der Waals surface area contributed by atoms with Gasteiger partial charge in [0.2, 0.25) is 17.7 Å². The molecule has 1 unspecified atom stereocenters. The Hall–Kier alpha value is -3.30. The van der Waals surface area contributed by atoms with Gasteiger partial charge in [0.05, 0.1) is 23.6 Å². The molecule has 1 saturated carbocycles. The van der Waals surface area contributed by atoms with Gasteiger partial charge in [0.1, 0.15) is 12.1 Å². The maximum Gasteiger partial charge on any atom is 0.257 e. The Morgan fingerprint density at radius 2 is 1.85 bits per heavy atom. The van der Waals surface area contributed by atoms with Crippen molar-refractivity contribution in [3.8, 4) is 0 Å². The van der Waals surface area contributed by atoms with Crippen LogP contribution < -0.4 is 5.32 Å². The first-order chi connectivity index (χ1) is 16.0. The van der Waals surface area contributed by atoms with E-state index in [1.54, 1.807) is 18.7 Å². The van der Waals surface area contributed by atoms with Gasteiger partial charge in [0.25, 0.3) is 5.91 Å². The molecule has 0 bridgehead atoms. The summed E-state index contributed by atoms with van der Waals surface area (Å²) in [5.41, 5.74) is 1.79. The second-order valence-electron chi connectivity index (χ2n) is 9.38. The highest BCUT2D eigenvalue weighted by Crippen LogP contribution is 2.45. The number of likely N-dealkylation sites (tertiary alicyclic amines) is 2. The number of imide groups is 1. The molecule has 1 spiro atoms. The Bertz CT molecular complexity index is 1090. The number of nitrogens with zero attached hydrogens (tertiary/aromatic N) is 4. The summed E-state index contributed by atoms with van der Waals surface area (Å²) < 4.78 is 0. The van der Waals surface area contributed by atoms with Crippen LogP contribution in [0.15, 0.2) is 18.7 Å². The number of rotatable bonds is 4. The van der Waals surface area contributed by atoms with E-state index in [9.17, 15) is 19.2 Å². The third-order valence-corrected chi connectivity index (χ3v) is 7.56. The molecule has 4 heterocycles. The van der Waals surface area contributed by atoms with Gasteiger partial charge >= 0.3 is 0 Å². The average molecular weight is 453 g/mol. The first-order valence-electron chi connectivity index (χ1n) is 11.7. The molecule has 2 aliphatic heterocycles. The van der Waals surface area contributed by atoms with Crippen LogP contribution in [0, 0.1) is 5.41 Å². The third kappa shape index (κ3) is 3.98. The number of fused-ring (bicyclic) bond motifs is 1. The summed E-state index contributed by atoms with van der Waals surface area (Å²) in [6.07, 6.45) is 10.8. The predicted molar refractivity (Wildman–Crippen MR) is 118 cm³/mol. The zero-order valence-corrected chi connectivity index (χ0v) is 18.5. The number of hydrogen-bond acceptors (Lipinski definition) is 6. The minimum Gasteiger partial charge on any atom is -0.351 e. The lowest BCUT2D eigenvalue weighted by atomic mass is 9.64. The molecular weight excluding hydrogens is 424 g/mol. The van der Waals surface area contributed by atoms with Gasteiger partial charge in [-0.1, -0.05) is 12.8 Å². The van der Waals surface area contributed by atoms with E-state index in [2.05, 4.69) is 20.3 Å². The second-order valence-corrected chi connectivity index (χ2v) is 9.38. The van der Waals surface area contributed by atoms with E-state index in [0.717, 1.165) is 48.9 Å². The van der Waals surface area contributed by atoms with Crippen molar-refractivity contribution < 1.29 is 19.2 Å². The molecule has 10 nitrogen and oxygen atoms in total. The molecule has 0 aromatic carbocycles. The standard InChI is InChI=1S/C23H28N6O4/c30-18(13-29-19(31)4-5-20(29)32)27-17-3-1-2-6-23(17)7-9-28(10-8-23)22(33)15-11-24-12-16-21(15)26-14-25-16/h11-12,14,17H,1-10,13H2,(H,25,26)(H,27,30). The molecule has 2 aromatic rings. The summed E-state index contributed by atoms with van der Waals surface area (Å²) in [4.78, 5) is 64.0. The molecule has 2 saturated heterocycles. The fourth-order valence-corrected chi connectivity index (χ4v) is 5.66. The molecule has 3 aliphatic rings. The van der Waals surface area contributed by atoms with Crippen LogP contribution in [0.3, 0.4) is 0 Å². The Balaban J connectivity index is 1.24. The lowest BCUT2D eigenvalue weighted by molar-refractivity contribution is -0.142. The number of amides is 4. The van der Waals surface area contributed by atoms with Crippen molar-refractivity contribution in [1.29, 1.82) is 0 Å². The molecule has 2 N–H and O–H groups in total. The monoisotopic (exact) mass is 452 g/mol. The highest BCUT2D eigenvalue weighted by atomic mass is 16.2. The smallest absolute Gasteiger partial charge is 0.257 e. The Kier molecular flexibility index (Phi) is 5.59. The number of piperidine rings is 1. The van der Waals surface area contributed by atoms with E-state index >= 15 is 0 Å². The fraction of sp³-hybridized carbons (Fsp3) is 0.565. The van der Waals surface area contributed by atoms with Crippen LogP contribution in [0.4, 0.5) is 0 Å². The maximum absolute atomic E-state index is 13.2. The number of H-pyrrole nitrogens is 1. The van der Waals surface area contributed by atoms with Gasteiger partial charge in [0.15, 0.2) is 0 Å². The van der Waals surface area contributed by atoms with Crippen molar-refractivity contribution in [3.05, 3.63) is 24.3 Å². The molecule has 2 aromatic heterocycles. The number of aromatic amines is 1. The number of imidazole rings is 1. The van der Waals surface area contributed by atoms with Gasteiger partial charge in [0, 0.05) is 38.2 Å². The van der Waals surface area contributed by atoms with Crippen LogP contribution in [-0.4, -0.2) is 74.1 Å². The second kappa shape index (κ2) is 8.57. The molecule has 4 amide bonds.